The molecule has 10 heteroatoms. The van der Waals surface area contributed by atoms with Gasteiger partial charge in [-0.05, 0) is 24.3 Å². The average Bonchev–Trinajstić information content (AvgIpc) is 2.75. The molecular weight excluding hydrogens is 446 g/mol. The highest BCUT2D eigenvalue weighted by Crippen LogP contribution is 2.42. The van der Waals surface area contributed by atoms with Gasteiger partial charge in [0, 0.05) is 50.6 Å². The van der Waals surface area contributed by atoms with E-state index in [9.17, 15) is 14.3 Å². The summed E-state index contributed by atoms with van der Waals surface area (Å²) < 4.78 is 29.7. The van der Waals surface area contributed by atoms with Crippen LogP contribution in [-0.4, -0.2) is 52.1 Å². The Labute approximate surface area is 189 Å². The van der Waals surface area contributed by atoms with Crippen molar-refractivity contribution < 1.29 is 18.7 Å². The van der Waals surface area contributed by atoms with Crippen LogP contribution in [0.4, 0.5) is 14.6 Å². The standard InChI is InChI=1S/C21H17ClF2N4O2.S/c1-2-16(30)27-6-8-28(9-7-27)21-12-10-13(22)17(19(24)20(12)25-11-26-21)18-14(23)4-3-5-15(18)29;/h2-5,10-11,29H,1,6-9H2;. The minimum Gasteiger partial charge on any atom is -0.507 e. The fourth-order valence-electron chi connectivity index (χ4n) is 3.63. The van der Waals surface area contributed by atoms with Gasteiger partial charge in [-0.15, -0.1) is 0 Å². The van der Waals surface area contributed by atoms with E-state index in [1.807, 2.05) is 4.90 Å². The van der Waals surface area contributed by atoms with Crippen molar-refractivity contribution in [3.63, 3.8) is 0 Å². The van der Waals surface area contributed by atoms with Crippen molar-refractivity contribution in [1.29, 1.82) is 0 Å². The van der Waals surface area contributed by atoms with Crippen molar-refractivity contribution in [1.82, 2.24) is 14.9 Å². The minimum absolute atomic E-state index is 0. The van der Waals surface area contributed by atoms with Gasteiger partial charge in [0.15, 0.2) is 5.82 Å². The van der Waals surface area contributed by atoms with Crippen molar-refractivity contribution >= 4 is 47.7 Å². The molecule has 1 aliphatic rings. The molecule has 6 nitrogen and oxygen atoms in total. The van der Waals surface area contributed by atoms with Crippen molar-refractivity contribution in [2.45, 2.75) is 0 Å². The van der Waals surface area contributed by atoms with Gasteiger partial charge in [0.2, 0.25) is 5.91 Å². The van der Waals surface area contributed by atoms with Gasteiger partial charge >= 0.3 is 0 Å². The van der Waals surface area contributed by atoms with Gasteiger partial charge in [0.25, 0.3) is 0 Å². The van der Waals surface area contributed by atoms with E-state index in [1.165, 1.54) is 30.6 Å². The predicted octanol–water partition coefficient (Wildman–Crippen LogP) is 4.42. The third-order valence-electron chi connectivity index (χ3n) is 5.11. The lowest BCUT2D eigenvalue weighted by atomic mass is 10.0. The summed E-state index contributed by atoms with van der Waals surface area (Å²) in [5.74, 6) is -1.75. The quantitative estimate of drug-likeness (QED) is 0.584. The third-order valence-corrected chi connectivity index (χ3v) is 5.41. The molecule has 2 aromatic carbocycles. The number of anilines is 1. The fourth-order valence-corrected chi connectivity index (χ4v) is 3.91. The smallest absolute Gasteiger partial charge is 0.246 e. The lowest BCUT2D eigenvalue weighted by Crippen LogP contribution is -2.48. The number of benzene rings is 2. The monoisotopic (exact) mass is 462 g/mol. The summed E-state index contributed by atoms with van der Waals surface area (Å²) in [4.78, 5) is 23.7. The Morgan fingerprint density at radius 3 is 2.52 bits per heavy atom. The molecule has 1 fully saturated rings. The maximum Gasteiger partial charge on any atom is 0.246 e. The van der Waals surface area contributed by atoms with Gasteiger partial charge in [-0.3, -0.25) is 4.79 Å². The highest BCUT2D eigenvalue weighted by atomic mass is 35.5. The molecule has 0 aliphatic carbocycles. The molecule has 1 N–H and O–H groups in total. The number of phenolic OH excluding ortho intramolecular Hbond substituents is 1. The first-order valence-electron chi connectivity index (χ1n) is 9.19. The van der Waals surface area contributed by atoms with Gasteiger partial charge in [0.05, 0.1) is 10.6 Å². The molecule has 0 saturated carbocycles. The molecule has 0 atom stereocenters. The molecule has 1 aliphatic heterocycles. The summed E-state index contributed by atoms with van der Waals surface area (Å²) >= 11 is 6.33. The number of carbonyl (C=O) groups is 1. The number of aromatic hydroxyl groups is 1. The topological polar surface area (TPSA) is 69.6 Å². The summed E-state index contributed by atoms with van der Waals surface area (Å²) in [5, 5.41) is 10.4. The normalized spacial score (nSPS) is 13.8. The van der Waals surface area contributed by atoms with Crippen LogP contribution in [0.3, 0.4) is 0 Å². The van der Waals surface area contributed by atoms with Crippen molar-refractivity contribution in [2.24, 2.45) is 0 Å². The number of hydrogen-bond acceptors (Lipinski definition) is 5. The first-order chi connectivity index (χ1) is 14.4. The van der Waals surface area contributed by atoms with Crippen LogP contribution >= 0.6 is 25.1 Å². The van der Waals surface area contributed by atoms with E-state index in [2.05, 4.69) is 16.5 Å². The Morgan fingerprint density at radius 2 is 1.87 bits per heavy atom. The predicted molar refractivity (Wildman–Crippen MR) is 118 cm³/mol. The molecule has 0 unspecified atom stereocenters. The molecule has 31 heavy (non-hydrogen) atoms. The molecule has 160 valence electrons. The number of aromatic nitrogens is 2. The lowest BCUT2D eigenvalue weighted by Gasteiger charge is -2.35. The zero-order chi connectivity index (χ0) is 21.4. The second-order valence-electron chi connectivity index (χ2n) is 6.79. The number of amides is 1. The highest BCUT2D eigenvalue weighted by molar-refractivity contribution is 7.59. The van der Waals surface area contributed by atoms with Crippen LogP contribution < -0.4 is 4.90 Å². The fraction of sp³-hybridized carbons (Fsp3) is 0.190. The van der Waals surface area contributed by atoms with Crippen LogP contribution in [0.15, 0.2) is 43.2 Å². The van der Waals surface area contributed by atoms with Gasteiger partial charge in [-0.2, -0.15) is 0 Å². The number of phenols is 1. The summed E-state index contributed by atoms with van der Waals surface area (Å²) in [5.41, 5.74) is -0.615. The molecule has 0 spiro atoms. The maximum absolute atomic E-state index is 15.4. The number of hydrogen-bond donors (Lipinski definition) is 1. The molecule has 2 radical (unpaired) electrons. The van der Waals surface area contributed by atoms with E-state index in [-0.39, 0.29) is 41.1 Å². The van der Waals surface area contributed by atoms with E-state index >= 15 is 4.39 Å². The van der Waals surface area contributed by atoms with E-state index in [0.29, 0.717) is 37.4 Å². The largest absolute Gasteiger partial charge is 0.507 e. The number of fused-ring (bicyclic) bond motifs is 1. The molecule has 1 amide bonds. The molecule has 4 rings (SSSR count). The zero-order valence-electron chi connectivity index (χ0n) is 16.2. The number of halogens is 3. The molecule has 2 heterocycles. The van der Waals surface area contributed by atoms with E-state index in [4.69, 9.17) is 11.6 Å². The number of nitrogens with zero attached hydrogens (tertiary/aromatic N) is 4. The molecular formula is C21H17ClF2N4O2S. The van der Waals surface area contributed by atoms with Crippen molar-refractivity contribution in [3.8, 4) is 16.9 Å². The van der Waals surface area contributed by atoms with E-state index in [1.54, 1.807) is 4.90 Å². The Hall–Kier alpha value is -2.91. The van der Waals surface area contributed by atoms with Gasteiger partial charge in [-0.1, -0.05) is 24.2 Å². The molecule has 0 bridgehead atoms. The number of piperazine rings is 1. The van der Waals surface area contributed by atoms with Crippen LogP contribution in [0.2, 0.25) is 5.02 Å². The Kier molecular flexibility index (Phi) is 6.66. The Balaban J connectivity index is 0.00000272. The second kappa shape index (κ2) is 9.07. The SMILES string of the molecule is C=CC(=O)N1CCN(c2ncnc3c(F)c(-c4c(O)cccc4F)c(Cl)cc23)CC1.[S]. The van der Waals surface area contributed by atoms with Crippen LogP contribution in [0, 0.1) is 11.6 Å². The van der Waals surface area contributed by atoms with Gasteiger partial charge in [-0.25, -0.2) is 18.7 Å². The molecule has 1 saturated heterocycles. The van der Waals surface area contributed by atoms with Crippen molar-refractivity contribution in [2.75, 3.05) is 31.1 Å². The van der Waals surface area contributed by atoms with Crippen LogP contribution in [0.1, 0.15) is 0 Å². The van der Waals surface area contributed by atoms with Crippen LogP contribution in [0.25, 0.3) is 22.0 Å². The minimum atomic E-state index is -0.845. The van der Waals surface area contributed by atoms with Crippen molar-refractivity contribution in [3.05, 3.63) is 59.9 Å². The lowest BCUT2D eigenvalue weighted by molar-refractivity contribution is -0.126. The second-order valence-corrected chi connectivity index (χ2v) is 7.20. The molecule has 1 aromatic heterocycles. The summed E-state index contributed by atoms with van der Waals surface area (Å²) in [6, 6.07) is 5.16. The molecule has 3 aromatic rings. The maximum atomic E-state index is 15.4. The summed E-state index contributed by atoms with van der Waals surface area (Å²) in [6.07, 6.45) is 2.49. The Bertz CT molecular complexity index is 1150. The van der Waals surface area contributed by atoms with E-state index in [0.717, 1.165) is 6.07 Å². The van der Waals surface area contributed by atoms with Crippen LogP contribution in [0.5, 0.6) is 5.75 Å². The highest BCUT2D eigenvalue weighted by Gasteiger charge is 2.26. The Morgan fingerprint density at radius 1 is 1.16 bits per heavy atom. The zero-order valence-corrected chi connectivity index (χ0v) is 17.8. The van der Waals surface area contributed by atoms with Gasteiger partial charge < -0.3 is 14.9 Å². The first kappa shape index (κ1) is 22.8. The summed E-state index contributed by atoms with van der Waals surface area (Å²) in [7, 11) is 0. The van der Waals surface area contributed by atoms with Gasteiger partial charge in [0.1, 0.15) is 29.2 Å². The average molecular weight is 463 g/mol. The number of rotatable bonds is 3. The third kappa shape index (κ3) is 4.03. The summed E-state index contributed by atoms with van der Waals surface area (Å²) in [6.45, 7) is 5.40. The first-order valence-corrected chi connectivity index (χ1v) is 9.57. The number of carbonyl (C=O) groups excluding carboxylic acids is 1. The van der Waals surface area contributed by atoms with Crippen LogP contribution in [-0.2, 0) is 4.79 Å². The van der Waals surface area contributed by atoms with E-state index < -0.39 is 17.4 Å².